The first-order chi connectivity index (χ1) is 47.3. The van der Waals surface area contributed by atoms with Gasteiger partial charge in [-0.05, 0) is 80.2 Å². The van der Waals surface area contributed by atoms with Crippen LogP contribution in [0.1, 0.15) is 20.8 Å². The second-order valence-corrected chi connectivity index (χ2v) is 24.4. The van der Waals surface area contributed by atoms with Gasteiger partial charge in [-0.15, -0.1) is 0 Å². The van der Waals surface area contributed by atoms with E-state index in [-0.39, 0.29) is 22.6 Å². The number of carbonyl (C=O) groups is 9. The van der Waals surface area contributed by atoms with Crippen molar-refractivity contribution in [1.82, 2.24) is 38.5 Å². The van der Waals surface area contributed by atoms with Crippen molar-refractivity contribution < 1.29 is 156 Å². The maximum atomic E-state index is 10.4. The van der Waals surface area contributed by atoms with Crippen molar-refractivity contribution in [2.45, 2.75) is 20.8 Å². The van der Waals surface area contributed by atoms with Gasteiger partial charge in [0.25, 0.3) is 10.3 Å². The Morgan fingerprint density at radius 1 is 0.437 bits per heavy atom. The highest BCUT2D eigenvalue weighted by Gasteiger charge is 2.12. The van der Waals surface area contributed by atoms with Crippen molar-refractivity contribution in [1.29, 1.82) is 0 Å². The molecule has 0 spiro atoms. The molecule has 0 aliphatic carbocycles. The predicted octanol–water partition coefficient (Wildman–Crippen LogP) is 2.24. The first-order valence-corrected chi connectivity index (χ1v) is 35.2. The van der Waals surface area contributed by atoms with Gasteiger partial charge in [0.2, 0.25) is 32.7 Å². The van der Waals surface area contributed by atoms with E-state index in [2.05, 4.69) is 164 Å². The Bertz CT molecular complexity index is 2160. The first-order valence-electron chi connectivity index (χ1n) is 25.9. The van der Waals surface area contributed by atoms with Gasteiger partial charge in [0, 0.05) is 111 Å². The Kier molecular flexibility index (Phi) is 139. The minimum absolute atomic E-state index is 0.176. The van der Waals surface area contributed by atoms with Crippen LogP contribution < -0.4 is 20.1 Å². The number of Topliss-reactive ketones (excluding diaryl/α,β-unsaturated/α-hetero) is 1. The number of amides is 2. The fourth-order valence-electron chi connectivity index (χ4n) is 1.68. The standard InChI is InChI=1S/C4H9NO2.C4H9NOS.C4H6O4.C4H6O3.C3H9NO3S.C3H9NO2S.C3H7NO2.C3H7NOS.C3H6O3.2C3H6O2S.C3H6O2.C3H6OS2.C3H6OS.C2H7NO3S.C2H7NO2S/c1-5(2)4(6)7-3;1-5(2)4(7)6-3;1-7-3(5)4(6)8-2;1-3(5)4(6)7-2;1-4(2)8(5,6)7-3;1-4(2)7(5)6-3;1-4-3(5)6-2;1-4-3(6)5-2;2*1-5-3(4)6-2;1-4-3(6)5-2;1-3(4)5-2;1-4-3(5)6-2;1-3(5)4-2;1-3-7(4,5)6-2;1-3-6(4)5-2/h2*1-3H3;1-2H3;1-2H3;1-3H3;1-3H3;1-2H3,(H,4,5);1-2H3,(H,4,6);3*1-2H3;1-2H3;1-2H3;1-2H3;3H,1-2H3;3H,1-2H3. The average molecular weight is 1720 g/mol. The Morgan fingerprint density at radius 3 is 0.835 bits per heavy atom. The third kappa shape index (κ3) is 159. The van der Waals surface area contributed by atoms with Crippen LogP contribution in [0.3, 0.4) is 0 Å². The largest absolute Gasteiger partial charge is 0.507 e. The highest BCUT2D eigenvalue weighted by molar-refractivity contribution is 8.22. The zero-order valence-electron chi connectivity index (χ0n) is 65.2. The summed E-state index contributed by atoms with van der Waals surface area (Å²) in [5, 5.41) is 6.34. The number of carbonyl (C=O) groups excluding carboxylic acids is 9. The first kappa shape index (κ1) is 136. The van der Waals surface area contributed by atoms with Gasteiger partial charge < -0.3 is 91.5 Å². The maximum Gasteiger partial charge on any atom is 0.507 e. The van der Waals surface area contributed by atoms with Gasteiger partial charge in [0.05, 0.1) is 135 Å². The lowest BCUT2D eigenvalue weighted by Crippen LogP contribution is -2.22. The number of thiocarbonyl (C=S) groups is 5. The van der Waals surface area contributed by atoms with Crippen molar-refractivity contribution >= 4 is 206 Å². The van der Waals surface area contributed by atoms with Crippen LogP contribution in [-0.2, 0) is 155 Å². The summed E-state index contributed by atoms with van der Waals surface area (Å²) in [5.74, 6) is -3.56. The molecule has 53 heteroatoms. The zero-order valence-corrected chi connectivity index (χ0v) is 74.1. The van der Waals surface area contributed by atoms with Crippen molar-refractivity contribution in [3.05, 3.63) is 0 Å². The third-order valence-electron chi connectivity index (χ3n) is 6.66. The van der Waals surface area contributed by atoms with Crippen molar-refractivity contribution in [3.8, 4) is 0 Å². The molecule has 0 aromatic rings. The van der Waals surface area contributed by atoms with Gasteiger partial charge in [-0.1, -0.05) is 11.8 Å². The lowest BCUT2D eigenvalue weighted by molar-refractivity contribution is -0.164. The number of methoxy groups -OCH3 is 15. The Morgan fingerprint density at radius 2 is 0.825 bits per heavy atom. The molecule has 0 radical (unpaired) electrons. The van der Waals surface area contributed by atoms with Gasteiger partial charge in [0.15, 0.2) is 5.05 Å². The summed E-state index contributed by atoms with van der Waals surface area (Å²) in [4.78, 5) is 92.3. The van der Waals surface area contributed by atoms with E-state index < -0.39 is 79.1 Å². The summed E-state index contributed by atoms with van der Waals surface area (Å²) in [6.45, 7) is 4.25. The monoisotopic (exact) mass is 1720 g/mol. The summed E-state index contributed by atoms with van der Waals surface area (Å²) >= 11 is 22.7. The van der Waals surface area contributed by atoms with E-state index in [4.69, 9.17) is 0 Å². The fraction of sp³-hybridized carbons (Fsp3) is 0.720. The number of alkyl carbamates (subject to hydrolysis) is 1. The lowest BCUT2D eigenvalue weighted by atomic mass is 10.5. The Hall–Kier alpha value is -5.74. The molecule has 0 saturated carbocycles. The molecule has 0 saturated heterocycles. The molecule has 0 fully saturated rings. The van der Waals surface area contributed by atoms with Gasteiger partial charge >= 0.3 is 73.4 Å². The van der Waals surface area contributed by atoms with Crippen molar-refractivity contribution in [2.75, 3.05) is 232 Å². The van der Waals surface area contributed by atoms with Crippen molar-refractivity contribution in [3.63, 3.8) is 0 Å². The molecule has 0 aliphatic rings. The normalized spacial score (nSPS) is 8.99. The van der Waals surface area contributed by atoms with E-state index >= 15 is 0 Å². The van der Waals surface area contributed by atoms with E-state index in [0.29, 0.717) is 19.8 Å². The predicted molar refractivity (Wildman–Crippen MR) is 412 cm³/mol. The summed E-state index contributed by atoms with van der Waals surface area (Å²) in [6.07, 6.45) is 2.17. The molecule has 42 nitrogen and oxygen atoms in total. The number of thioether (sulfide) groups is 2. The second-order valence-electron chi connectivity index (χ2n) is 14.3. The molecule has 622 valence electrons. The van der Waals surface area contributed by atoms with Crippen LogP contribution in [0.5, 0.6) is 0 Å². The summed E-state index contributed by atoms with van der Waals surface area (Å²) in [7, 11) is 37.7. The third-order valence-corrected chi connectivity index (χ3v) is 13.5. The highest BCUT2D eigenvalue weighted by atomic mass is 32.2. The van der Waals surface area contributed by atoms with Crippen LogP contribution in [0.4, 0.5) is 19.2 Å². The minimum Gasteiger partial charge on any atom is -0.491 e. The molecule has 0 bridgehead atoms. The number of rotatable bonds is 9. The quantitative estimate of drug-likeness (QED) is 0.111. The molecule has 0 heterocycles. The lowest BCUT2D eigenvalue weighted by Gasteiger charge is -2.09. The highest BCUT2D eigenvalue weighted by Crippen LogP contribution is 1.96. The van der Waals surface area contributed by atoms with Gasteiger partial charge in [-0.25, -0.2) is 51.0 Å². The molecular weight excluding hydrogens is 1610 g/mol. The SMILES string of the molecule is CNC(=O)OC.CNC(=S)OC.CNS(=O)(=O)OC.CNS(=O)OC.COC(=O)C(=O)OC.COC(=O)C(C)=O.COC(=O)N(C)C.COC(=O)OC.COC(=O)SC.COC(=S)N(C)C.COC(=S)OC.COC(=S)SC.COC(C)=O.COC(C)=S.COS(=O)(=O)N(C)C.COS(=O)N(C)C. The number of nitrogens with zero attached hydrogens (tertiary/aromatic N) is 4. The van der Waals surface area contributed by atoms with Gasteiger partial charge in [-0.3, -0.25) is 26.3 Å². The van der Waals surface area contributed by atoms with Crippen LogP contribution in [0.15, 0.2) is 0 Å². The fourth-order valence-corrected chi connectivity index (χ4v) is 2.94. The van der Waals surface area contributed by atoms with E-state index in [9.17, 15) is 68.4 Å². The van der Waals surface area contributed by atoms with E-state index in [0.717, 1.165) is 51.4 Å². The molecule has 0 rings (SSSR count). The number of esters is 4. The molecule has 0 aliphatic heterocycles. The van der Waals surface area contributed by atoms with E-state index in [1.807, 2.05) is 25.1 Å². The molecule has 103 heavy (non-hydrogen) atoms. The smallest absolute Gasteiger partial charge is 0.491 e. The summed E-state index contributed by atoms with van der Waals surface area (Å²) in [5.41, 5.74) is 0. The van der Waals surface area contributed by atoms with Gasteiger partial charge in [-0.2, -0.15) is 25.9 Å². The number of hydrogen-bond acceptors (Lipinski definition) is 41. The number of ketones is 1. The summed E-state index contributed by atoms with van der Waals surface area (Å²) < 4.78 is 149. The van der Waals surface area contributed by atoms with E-state index in [1.165, 1.54) is 141 Å². The summed E-state index contributed by atoms with van der Waals surface area (Å²) in [6, 6.07) is 0. The molecule has 2 atom stereocenters. The molecule has 2 unspecified atom stereocenters. The molecule has 0 aromatic carbocycles. The van der Waals surface area contributed by atoms with E-state index in [1.54, 1.807) is 81.7 Å². The molecule has 0 aromatic heterocycles. The number of nitrogens with one attached hydrogen (secondary N) is 4. The van der Waals surface area contributed by atoms with Crippen LogP contribution >= 0.6 is 84.6 Å². The van der Waals surface area contributed by atoms with Crippen LogP contribution in [0.2, 0.25) is 0 Å². The number of hydrogen-bond donors (Lipinski definition) is 4. The Balaban J connectivity index is -0.0000000561. The van der Waals surface area contributed by atoms with Crippen LogP contribution in [0, 0.1) is 0 Å². The minimum atomic E-state index is -3.41. The zero-order chi connectivity index (χ0) is 86.2. The molecular formula is C50H112N8O34S11. The second kappa shape index (κ2) is 105. The maximum absolute atomic E-state index is 10.4. The molecule has 4 N–H and O–H groups in total. The topological polar surface area (TPSA) is 493 Å². The number of ether oxygens (including phenoxy) is 15. The van der Waals surface area contributed by atoms with Crippen molar-refractivity contribution in [2.24, 2.45) is 0 Å². The van der Waals surface area contributed by atoms with Crippen LogP contribution in [-0.4, -0.2) is 354 Å². The van der Waals surface area contributed by atoms with Gasteiger partial charge in [0.1, 0.15) is 0 Å². The van der Waals surface area contributed by atoms with Crippen LogP contribution in [0.25, 0.3) is 0 Å². The average Bonchev–Trinajstić information content (AvgIpc) is 0.934. The molecule has 2 amide bonds. The Labute approximate surface area is 649 Å².